The van der Waals surface area contributed by atoms with Crippen LogP contribution in [0.3, 0.4) is 0 Å². The summed E-state index contributed by atoms with van der Waals surface area (Å²) in [6.45, 7) is 0. The summed E-state index contributed by atoms with van der Waals surface area (Å²) in [6.07, 6.45) is 1.45. The molecule has 0 radical (unpaired) electrons. The normalized spacial score (nSPS) is 10.3. The minimum absolute atomic E-state index is 0.266. The van der Waals surface area contributed by atoms with E-state index < -0.39 is 0 Å². The van der Waals surface area contributed by atoms with Gasteiger partial charge in [0.1, 0.15) is 0 Å². The second kappa shape index (κ2) is 5.88. The van der Waals surface area contributed by atoms with Gasteiger partial charge < -0.3 is 5.32 Å². The van der Waals surface area contributed by atoms with Crippen LogP contribution in [0, 0.1) is 0 Å². The molecule has 0 saturated carbocycles. The lowest BCUT2D eigenvalue weighted by molar-refractivity contribution is 0.102. The van der Waals surface area contributed by atoms with Crippen molar-refractivity contribution in [3.8, 4) is 5.69 Å². The first-order valence-electron chi connectivity index (χ1n) is 6.27. The summed E-state index contributed by atoms with van der Waals surface area (Å²) in [5.41, 5.74) is 1.78. The largest absolute Gasteiger partial charge is 0.321 e. The van der Waals surface area contributed by atoms with Gasteiger partial charge in [0.15, 0.2) is 5.69 Å². The SMILES string of the molecule is O=C(Nc1ccc(Br)cc1)c1cnn(-c2ccccc2)n1. The van der Waals surface area contributed by atoms with E-state index in [0.29, 0.717) is 5.69 Å². The first-order chi connectivity index (χ1) is 10.2. The number of para-hydroxylation sites is 1. The number of carbonyl (C=O) groups excluding carboxylic acids is 1. The molecule has 0 spiro atoms. The summed E-state index contributed by atoms with van der Waals surface area (Å²) in [6, 6.07) is 16.8. The predicted octanol–water partition coefficient (Wildman–Crippen LogP) is 3.28. The molecule has 1 amide bonds. The van der Waals surface area contributed by atoms with E-state index in [1.54, 1.807) is 0 Å². The number of benzene rings is 2. The monoisotopic (exact) mass is 342 g/mol. The summed E-state index contributed by atoms with van der Waals surface area (Å²) in [5, 5.41) is 11.1. The van der Waals surface area contributed by atoms with Gasteiger partial charge in [-0.3, -0.25) is 4.79 Å². The van der Waals surface area contributed by atoms with Crippen molar-refractivity contribution in [1.29, 1.82) is 0 Å². The molecule has 2 aromatic carbocycles. The Bertz CT molecular complexity index is 753. The average molecular weight is 343 g/mol. The van der Waals surface area contributed by atoms with E-state index in [0.717, 1.165) is 10.2 Å². The van der Waals surface area contributed by atoms with Gasteiger partial charge in [-0.1, -0.05) is 34.1 Å². The summed E-state index contributed by atoms with van der Waals surface area (Å²) < 4.78 is 0.954. The van der Waals surface area contributed by atoms with E-state index in [2.05, 4.69) is 31.4 Å². The Morgan fingerprint density at radius 1 is 1.05 bits per heavy atom. The van der Waals surface area contributed by atoms with Gasteiger partial charge in [-0.2, -0.15) is 9.90 Å². The Balaban J connectivity index is 1.77. The molecule has 104 valence electrons. The summed E-state index contributed by atoms with van der Waals surface area (Å²) in [7, 11) is 0. The van der Waals surface area contributed by atoms with E-state index in [1.165, 1.54) is 11.0 Å². The Morgan fingerprint density at radius 2 is 1.76 bits per heavy atom. The molecule has 21 heavy (non-hydrogen) atoms. The Morgan fingerprint density at radius 3 is 2.48 bits per heavy atom. The van der Waals surface area contributed by atoms with Gasteiger partial charge in [0, 0.05) is 10.2 Å². The van der Waals surface area contributed by atoms with Gasteiger partial charge >= 0.3 is 0 Å². The van der Waals surface area contributed by atoms with Crippen LogP contribution in [0.25, 0.3) is 5.69 Å². The lowest BCUT2D eigenvalue weighted by Crippen LogP contribution is -2.13. The number of nitrogens with zero attached hydrogens (tertiary/aromatic N) is 3. The predicted molar refractivity (Wildman–Crippen MR) is 83.5 cm³/mol. The fourth-order valence-corrected chi connectivity index (χ4v) is 2.05. The Hall–Kier alpha value is -2.47. The highest BCUT2D eigenvalue weighted by atomic mass is 79.9. The van der Waals surface area contributed by atoms with E-state index in [-0.39, 0.29) is 11.6 Å². The van der Waals surface area contributed by atoms with Gasteiger partial charge in [-0.25, -0.2) is 0 Å². The van der Waals surface area contributed by atoms with Crippen molar-refractivity contribution in [3.63, 3.8) is 0 Å². The molecule has 1 N–H and O–H groups in total. The van der Waals surface area contributed by atoms with Crippen LogP contribution in [0.15, 0.2) is 65.3 Å². The number of aromatic nitrogens is 3. The van der Waals surface area contributed by atoms with E-state index in [4.69, 9.17) is 0 Å². The molecule has 5 nitrogen and oxygen atoms in total. The standard InChI is InChI=1S/C15H11BrN4O/c16-11-6-8-12(9-7-11)18-15(21)14-10-17-20(19-14)13-4-2-1-3-5-13/h1-10H,(H,18,21). The van der Waals surface area contributed by atoms with Crippen molar-refractivity contribution in [2.75, 3.05) is 5.32 Å². The molecular weight excluding hydrogens is 332 g/mol. The molecule has 0 saturated heterocycles. The number of nitrogens with one attached hydrogen (secondary N) is 1. The van der Waals surface area contributed by atoms with Gasteiger partial charge in [-0.15, -0.1) is 5.10 Å². The van der Waals surface area contributed by atoms with Crippen LogP contribution >= 0.6 is 15.9 Å². The number of amides is 1. The van der Waals surface area contributed by atoms with Crippen molar-refractivity contribution in [2.45, 2.75) is 0 Å². The molecule has 0 bridgehead atoms. The molecule has 0 unspecified atom stereocenters. The molecule has 0 aliphatic carbocycles. The van der Waals surface area contributed by atoms with Crippen LogP contribution in [-0.2, 0) is 0 Å². The maximum atomic E-state index is 12.1. The topological polar surface area (TPSA) is 59.8 Å². The van der Waals surface area contributed by atoms with Crippen LogP contribution in [0.4, 0.5) is 5.69 Å². The first-order valence-corrected chi connectivity index (χ1v) is 7.06. The summed E-state index contributed by atoms with van der Waals surface area (Å²) >= 11 is 3.35. The zero-order chi connectivity index (χ0) is 14.7. The van der Waals surface area contributed by atoms with Crippen molar-refractivity contribution in [2.24, 2.45) is 0 Å². The van der Waals surface area contributed by atoms with Gasteiger partial charge in [-0.05, 0) is 36.4 Å². The van der Waals surface area contributed by atoms with Crippen LogP contribution in [0.5, 0.6) is 0 Å². The third-order valence-corrected chi connectivity index (χ3v) is 3.34. The molecule has 6 heteroatoms. The van der Waals surface area contributed by atoms with Crippen molar-refractivity contribution in [3.05, 3.63) is 71.0 Å². The molecule has 3 aromatic rings. The average Bonchev–Trinajstić information content (AvgIpc) is 3.00. The molecule has 0 aliphatic rings. The lowest BCUT2D eigenvalue weighted by atomic mass is 10.3. The quantitative estimate of drug-likeness (QED) is 0.794. The van der Waals surface area contributed by atoms with E-state index >= 15 is 0 Å². The number of hydrogen-bond donors (Lipinski definition) is 1. The maximum absolute atomic E-state index is 12.1. The highest BCUT2D eigenvalue weighted by molar-refractivity contribution is 9.10. The molecule has 1 heterocycles. The number of carbonyl (C=O) groups is 1. The molecule has 0 atom stereocenters. The second-order valence-corrected chi connectivity index (χ2v) is 5.23. The van der Waals surface area contributed by atoms with Crippen molar-refractivity contribution < 1.29 is 4.79 Å². The van der Waals surface area contributed by atoms with Crippen LogP contribution in [0.2, 0.25) is 0 Å². The fourth-order valence-electron chi connectivity index (χ4n) is 1.78. The Labute approximate surface area is 129 Å². The van der Waals surface area contributed by atoms with Crippen molar-refractivity contribution >= 4 is 27.5 Å². The van der Waals surface area contributed by atoms with Gasteiger partial charge in [0.2, 0.25) is 0 Å². The zero-order valence-corrected chi connectivity index (χ0v) is 12.5. The molecule has 3 rings (SSSR count). The minimum Gasteiger partial charge on any atom is -0.321 e. The van der Waals surface area contributed by atoms with Crippen LogP contribution < -0.4 is 5.32 Å². The van der Waals surface area contributed by atoms with E-state index in [1.807, 2.05) is 54.6 Å². The number of hydrogen-bond acceptors (Lipinski definition) is 3. The van der Waals surface area contributed by atoms with E-state index in [9.17, 15) is 4.79 Å². The van der Waals surface area contributed by atoms with Crippen LogP contribution in [-0.4, -0.2) is 20.9 Å². The lowest BCUT2D eigenvalue weighted by Gasteiger charge is -2.02. The third kappa shape index (κ3) is 3.17. The zero-order valence-electron chi connectivity index (χ0n) is 10.9. The number of anilines is 1. The fraction of sp³-hybridized carbons (Fsp3) is 0. The maximum Gasteiger partial charge on any atom is 0.277 e. The molecule has 1 aromatic heterocycles. The highest BCUT2D eigenvalue weighted by Gasteiger charge is 2.11. The second-order valence-electron chi connectivity index (χ2n) is 4.32. The number of rotatable bonds is 3. The number of halogens is 1. The summed E-state index contributed by atoms with van der Waals surface area (Å²) in [4.78, 5) is 13.5. The summed E-state index contributed by atoms with van der Waals surface area (Å²) in [5.74, 6) is -0.292. The van der Waals surface area contributed by atoms with Crippen molar-refractivity contribution in [1.82, 2.24) is 15.0 Å². The van der Waals surface area contributed by atoms with Crippen LogP contribution in [0.1, 0.15) is 10.5 Å². The smallest absolute Gasteiger partial charge is 0.277 e. The highest BCUT2D eigenvalue weighted by Crippen LogP contribution is 2.14. The molecular formula is C15H11BrN4O. The third-order valence-electron chi connectivity index (χ3n) is 2.81. The first kappa shape index (κ1) is 13.5. The minimum atomic E-state index is -0.292. The van der Waals surface area contributed by atoms with Gasteiger partial charge in [0.05, 0.1) is 11.9 Å². The van der Waals surface area contributed by atoms with Gasteiger partial charge in [0.25, 0.3) is 5.91 Å². The molecule has 0 aliphatic heterocycles. The Kier molecular flexibility index (Phi) is 3.79. The molecule has 0 fully saturated rings.